The van der Waals surface area contributed by atoms with E-state index in [-0.39, 0.29) is 0 Å². The van der Waals surface area contributed by atoms with Crippen LogP contribution in [0.5, 0.6) is 0 Å². The Balaban J connectivity index is 3.07. The van der Waals surface area contributed by atoms with Gasteiger partial charge in [0.15, 0.2) is 0 Å². The quantitative estimate of drug-likeness (QED) is 0.211. The van der Waals surface area contributed by atoms with Gasteiger partial charge in [0.1, 0.15) is 0 Å². The molecule has 0 bridgehead atoms. The van der Waals surface area contributed by atoms with Gasteiger partial charge >= 0.3 is 0 Å². The molecule has 0 rings (SSSR count). The second kappa shape index (κ2) is 4.04. The van der Waals surface area contributed by atoms with Gasteiger partial charge in [-0.1, -0.05) is 0 Å². The Kier molecular flexibility index (Phi) is 4.11. The summed E-state index contributed by atoms with van der Waals surface area (Å²) < 4.78 is 19.9. The summed E-state index contributed by atoms with van der Waals surface area (Å²) in [5.41, 5.74) is 2.37. The van der Waals surface area contributed by atoms with E-state index in [2.05, 4.69) is 10.1 Å². The molecule has 0 atom stereocenters. The minimum atomic E-state index is -2.54. The lowest BCUT2D eigenvalue weighted by Gasteiger charge is -2.27. The van der Waals surface area contributed by atoms with Crippen molar-refractivity contribution < 1.29 is 9.11 Å². The van der Waals surface area contributed by atoms with Crippen LogP contribution < -0.4 is 16.0 Å². The van der Waals surface area contributed by atoms with E-state index in [1.54, 1.807) is 0 Å². The molecule has 0 aromatic rings. The maximum absolute atomic E-state index is 8.70. The van der Waals surface area contributed by atoms with Crippen LogP contribution in [0.4, 0.5) is 0 Å². The lowest BCUT2D eigenvalue weighted by molar-refractivity contribution is 0.476. The molecule has 5 nitrogen and oxygen atoms in total. The maximum atomic E-state index is 8.70. The molecule has 9 heavy (non-hydrogen) atoms. The van der Waals surface area contributed by atoms with Gasteiger partial charge in [0.25, 0.3) is 0 Å². The Morgan fingerprint density at radius 1 is 1.44 bits per heavy atom. The van der Waals surface area contributed by atoms with Crippen LogP contribution in [-0.4, -0.2) is 28.5 Å². The Morgan fingerprint density at radius 3 is 2.33 bits per heavy atom. The highest BCUT2D eigenvalue weighted by Crippen LogP contribution is 2.25. The molecule has 0 fully saturated rings. The summed E-state index contributed by atoms with van der Waals surface area (Å²) in [5, 5.41) is 0. The zero-order valence-corrected chi connectivity index (χ0v) is 6.11. The van der Waals surface area contributed by atoms with E-state index < -0.39 is 10.8 Å². The van der Waals surface area contributed by atoms with Crippen LogP contribution in [0, 0.1) is 0 Å². The van der Waals surface area contributed by atoms with Crippen molar-refractivity contribution in [2.45, 2.75) is 0 Å². The Labute approximate surface area is 56.1 Å². The van der Waals surface area contributed by atoms with Crippen LogP contribution >= 0.6 is 10.8 Å². The third-order valence-corrected chi connectivity index (χ3v) is 1.40. The summed E-state index contributed by atoms with van der Waals surface area (Å²) in [5.74, 6) is 4.91. The van der Waals surface area contributed by atoms with Gasteiger partial charge in [-0.15, -0.1) is 10.8 Å². The molecule has 6 heteroatoms. The van der Waals surface area contributed by atoms with Crippen molar-refractivity contribution in [1.29, 1.82) is 0 Å². The van der Waals surface area contributed by atoms with Crippen molar-refractivity contribution in [2.24, 2.45) is 5.84 Å². The highest BCUT2D eigenvalue weighted by molar-refractivity contribution is 8.22. The number of hydrazine groups is 1. The van der Waals surface area contributed by atoms with Crippen LogP contribution in [0.1, 0.15) is 0 Å². The van der Waals surface area contributed by atoms with E-state index in [1.165, 1.54) is 6.26 Å². The molecule has 0 aromatic heterocycles. The van der Waals surface area contributed by atoms with Crippen molar-refractivity contribution in [2.75, 3.05) is 19.3 Å². The van der Waals surface area contributed by atoms with Crippen molar-refractivity contribution in [3.05, 3.63) is 0 Å². The topological polar surface area (TPSA) is 90.5 Å². The molecule has 0 radical (unpaired) electrons. The van der Waals surface area contributed by atoms with Crippen LogP contribution in [0.15, 0.2) is 0 Å². The van der Waals surface area contributed by atoms with E-state index in [0.717, 1.165) is 0 Å². The monoisotopic (exact) mass is 155 g/mol. The van der Waals surface area contributed by atoms with Gasteiger partial charge in [-0.2, -0.15) is 0 Å². The molecule has 0 saturated heterocycles. The highest BCUT2D eigenvalue weighted by atomic mass is 32.3. The molecule has 0 aliphatic heterocycles. The first-order valence-corrected chi connectivity index (χ1v) is 4.43. The van der Waals surface area contributed by atoms with Gasteiger partial charge in [0.05, 0.1) is 0 Å². The fourth-order valence-corrected chi connectivity index (χ4v) is 0.805. The van der Waals surface area contributed by atoms with Crippen molar-refractivity contribution >= 4 is 10.8 Å². The summed E-state index contributed by atoms with van der Waals surface area (Å²) in [4.78, 5) is 0. The molecule has 0 unspecified atom stereocenters. The predicted molar refractivity (Wildman–Crippen MR) is 39.0 cm³/mol. The number of nitrogens with two attached hydrogens (primary N) is 1. The van der Waals surface area contributed by atoms with Gasteiger partial charge in [-0.05, 0) is 0 Å². The molecule has 0 heterocycles. The fourth-order valence-electron chi connectivity index (χ4n) is 0.317. The summed E-state index contributed by atoms with van der Waals surface area (Å²) in [6.07, 6.45) is 1.32. The first-order valence-electron chi connectivity index (χ1n) is 2.47. The SMILES string of the molecule is CS(O)(O)NCCNN. The first-order chi connectivity index (χ1) is 4.06. The van der Waals surface area contributed by atoms with Gasteiger partial charge < -0.3 is 0 Å². The largest absolute Gasteiger partial charge is 0.286 e. The molecule has 0 aromatic carbocycles. The van der Waals surface area contributed by atoms with Crippen LogP contribution in [0.25, 0.3) is 0 Å². The minimum Gasteiger partial charge on any atom is -0.286 e. The smallest absolute Gasteiger partial charge is 0.0416 e. The summed E-state index contributed by atoms with van der Waals surface area (Å²) in [7, 11) is -2.54. The van der Waals surface area contributed by atoms with Gasteiger partial charge in [0, 0.05) is 19.3 Å². The van der Waals surface area contributed by atoms with E-state index >= 15 is 0 Å². The van der Waals surface area contributed by atoms with Crippen LogP contribution in [-0.2, 0) is 0 Å². The van der Waals surface area contributed by atoms with E-state index in [9.17, 15) is 0 Å². The molecule has 0 aliphatic rings. The zero-order valence-electron chi connectivity index (χ0n) is 5.29. The maximum Gasteiger partial charge on any atom is 0.0416 e. The lowest BCUT2D eigenvalue weighted by atomic mass is 10.7. The summed E-state index contributed by atoms with van der Waals surface area (Å²) >= 11 is 0. The lowest BCUT2D eigenvalue weighted by Crippen LogP contribution is -2.32. The van der Waals surface area contributed by atoms with E-state index in [4.69, 9.17) is 14.9 Å². The molecule has 0 spiro atoms. The normalized spacial score (nSPS) is 13.8. The van der Waals surface area contributed by atoms with Crippen LogP contribution in [0.3, 0.4) is 0 Å². The molecule has 0 amide bonds. The third kappa shape index (κ3) is 8.15. The van der Waals surface area contributed by atoms with E-state index in [0.29, 0.717) is 13.1 Å². The fraction of sp³-hybridized carbons (Fsp3) is 1.00. The number of hydrogen-bond acceptors (Lipinski definition) is 5. The van der Waals surface area contributed by atoms with Gasteiger partial charge in [0.2, 0.25) is 0 Å². The molecule has 6 N–H and O–H groups in total. The average Bonchev–Trinajstić information content (AvgIpc) is 1.63. The van der Waals surface area contributed by atoms with Gasteiger partial charge in [-0.3, -0.25) is 20.4 Å². The number of nitrogens with one attached hydrogen (secondary N) is 2. The number of rotatable bonds is 4. The van der Waals surface area contributed by atoms with Crippen molar-refractivity contribution in [1.82, 2.24) is 10.1 Å². The molecular formula is C3H13N3O2S. The average molecular weight is 155 g/mol. The zero-order chi connectivity index (χ0) is 7.33. The molecule has 58 valence electrons. The van der Waals surface area contributed by atoms with Crippen molar-refractivity contribution in [3.63, 3.8) is 0 Å². The first kappa shape index (κ1) is 9.15. The molecular weight excluding hydrogens is 142 g/mol. The highest BCUT2D eigenvalue weighted by Gasteiger charge is 1.98. The Hall–Kier alpha value is 0.150. The van der Waals surface area contributed by atoms with Gasteiger partial charge in [-0.25, -0.2) is 4.72 Å². The second-order valence-electron chi connectivity index (χ2n) is 1.68. The minimum absolute atomic E-state index is 0.454. The molecule has 0 saturated carbocycles. The second-order valence-corrected chi connectivity index (χ2v) is 3.64. The predicted octanol–water partition coefficient (Wildman–Crippen LogP) is -0.665. The van der Waals surface area contributed by atoms with Crippen LogP contribution in [0.2, 0.25) is 0 Å². The number of hydrogen-bond donors (Lipinski definition) is 5. The van der Waals surface area contributed by atoms with E-state index in [1.807, 2.05) is 0 Å². The summed E-state index contributed by atoms with van der Waals surface area (Å²) in [6.45, 7) is 0.971. The summed E-state index contributed by atoms with van der Waals surface area (Å²) in [6, 6.07) is 0. The Bertz CT molecular complexity index is 73.9. The van der Waals surface area contributed by atoms with Crippen molar-refractivity contribution in [3.8, 4) is 0 Å². The molecule has 0 aliphatic carbocycles. The Morgan fingerprint density at radius 2 is 2.00 bits per heavy atom. The standard InChI is InChI=1S/C3H13N3O2S/c1-9(7,8)6-3-2-5-4/h5-8H,2-4H2,1H3. The third-order valence-electron chi connectivity index (χ3n) is 0.645.